The maximum atomic E-state index is 10.5. The zero-order chi connectivity index (χ0) is 11.5. The van der Waals surface area contributed by atoms with E-state index in [0.29, 0.717) is 0 Å². The summed E-state index contributed by atoms with van der Waals surface area (Å²) in [6, 6.07) is 0. The number of aliphatic carboxylic acids is 1. The minimum atomic E-state index is -5.19. The molecule has 0 aliphatic heterocycles. The molecule has 0 spiro atoms. The van der Waals surface area contributed by atoms with Crippen LogP contribution in [0.2, 0.25) is 0 Å². The highest BCUT2D eigenvalue weighted by atomic mass is 19.4. The van der Waals surface area contributed by atoms with Crippen LogP contribution in [0.25, 0.3) is 0 Å². The molecule has 0 aromatic carbocycles. The second kappa shape index (κ2) is 4.68. The van der Waals surface area contributed by atoms with Crippen molar-refractivity contribution in [2.75, 3.05) is 0 Å². The fourth-order valence-corrected chi connectivity index (χ4v) is 1.79. The lowest BCUT2D eigenvalue weighted by Gasteiger charge is -2.36. The molecule has 2 aliphatic rings. The SMILES string of the molecule is C1=CC2CCC2CC1.O=C([O-])C(F)(F)F. The summed E-state index contributed by atoms with van der Waals surface area (Å²) in [7, 11) is 0. The molecule has 0 saturated heterocycles. The second-order valence-corrected chi connectivity index (χ2v) is 3.79. The third-order valence-electron chi connectivity index (χ3n) is 2.80. The molecule has 86 valence electrons. The van der Waals surface area contributed by atoms with Gasteiger partial charge in [-0.2, -0.15) is 13.2 Å². The molecule has 5 heteroatoms. The fourth-order valence-electron chi connectivity index (χ4n) is 1.79. The average molecular weight is 221 g/mol. The number of carbonyl (C=O) groups excluding carboxylic acids is 1. The van der Waals surface area contributed by atoms with Crippen molar-refractivity contribution in [3.8, 4) is 0 Å². The van der Waals surface area contributed by atoms with Crippen molar-refractivity contribution in [1.82, 2.24) is 0 Å². The molecule has 0 amide bonds. The quantitative estimate of drug-likeness (QED) is 0.583. The van der Waals surface area contributed by atoms with E-state index in [4.69, 9.17) is 9.90 Å². The van der Waals surface area contributed by atoms with Gasteiger partial charge < -0.3 is 9.90 Å². The van der Waals surface area contributed by atoms with Crippen LogP contribution in [0.4, 0.5) is 13.2 Å². The topological polar surface area (TPSA) is 40.1 Å². The lowest BCUT2D eigenvalue weighted by atomic mass is 9.69. The lowest BCUT2D eigenvalue weighted by molar-refractivity contribution is -0.344. The van der Waals surface area contributed by atoms with Crippen LogP contribution in [0.15, 0.2) is 12.2 Å². The Morgan fingerprint density at radius 3 is 2.07 bits per heavy atom. The maximum absolute atomic E-state index is 10.5. The third kappa shape index (κ3) is 3.57. The van der Waals surface area contributed by atoms with Gasteiger partial charge in [-0.3, -0.25) is 0 Å². The summed E-state index contributed by atoms with van der Waals surface area (Å²) in [5, 5.41) is 8.78. The molecule has 0 bridgehead atoms. The zero-order valence-corrected chi connectivity index (χ0v) is 8.09. The summed E-state index contributed by atoms with van der Waals surface area (Å²) < 4.78 is 31.5. The van der Waals surface area contributed by atoms with Crippen LogP contribution in [0, 0.1) is 11.8 Å². The Morgan fingerprint density at radius 2 is 1.87 bits per heavy atom. The number of carboxylic acids is 1. The highest BCUT2D eigenvalue weighted by Gasteiger charge is 2.29. The molecule has 2 aliphatic carbocycles. The fraction of sp³-hybridized carbons (Fsp3) is 0.700. The number of fused-ring (bicyclic) bond motifs is 1. The number of hydrogen-bond acceptors (Lipinski definition) is 2. The van der Waals surface area contributed by atoms with Crippen molar-refractivity contribution in [2.24, 2.45) is 11.8 Å². The van der Waals surface area contributed by atoms with Gasteiger partial charge in [0, 0.05) is 0 Å². The van der Waals surface area contributed by atoms with E-state index < -0.39 is 12.1 Å². The van der Waals surface area contributed by atoms with Gasteiger partial charge >= 0.3 is 6.18 Å². The third-order valence-corrected chi connectivity index (χ3v) is 2.80. The van der Waals surface area contributed by atoms with E-state index in [2.05, 4.69) is 12.2 Å². The molecule has 2 atom stereocenters. The van der Waals surface area contributed by atoms with Gasteiger partial charge in [0.15, 0.2) is 0 Å². The van der Waals surface area contributed by atoms with Gasteiger partial charge in [-0.15, -0.1) is 0 Å². The summed E-state index contributed by atoms with van der Waals surface area (Å²) in [6.45, 7) is 0. The number of allylic oxidation sites excluding steroid dienone is 2. The van der Waals surface area contributed by atoms with Crippen molar-refractivity contribution in [1.29, 1.82) is 0 Å². The Hall–Kier alpha value is -1.00. The Kier molecular flexibility index (Phi) is 3.77. The first-order valence-corrected chi connectivity index (χ1v) is 4.86. The molecule has 1 fully saturated rings. The molecular formula is C10H12F3O2-. The monoisotopic (exact) mass is 221 g/mol. The molecule has 2 nitrogen and oxygen atoms in total. The maximum Gasteiger partial charge on any atom is 0.430 e. The first-order valence-electron chi connectivity index (χ1n) is 4.86. The summed E-state index contributed by atoms with van der Waals surface area (Å²) in [5.74, 6) is -0.906. The smallest absolute Gasteiger partial charge is 0.430 e. The molecule has 2 unspecified atom stereocenters. The van der Waals surface area contributed by atoms with Crippen molar-refractivity contribution in [2.45, 2.75) is 31.9 Å². The largest absolute Gasteiger partial charge is 0.542 e. The molecular weight excluding hydrogens is 209 g/mol. The second-order valence-electron chi connectivity index (χ2n) is 3.79. The molecule has 0 N–H and O–H groups in total. The minimum Gasteiger partial charge on any atom is -0.542 e. The first kappa shape index (κ1) is 12.1. The van der Waals surface area contributed by atoms with Gasteiger partial charge in [-0.25, -0.2) is 0 Å². The van der Waals surface area contributed by atoms with Gasteiger partial charge in [0.2, 0.25) is 0 Å². The molecule has 0 aromatic rings. The molecule has 15 heavy (non-hydrogen) atoms. The van der Waals surface area contributed by atoms with Gasteiger partial charge in [-0.05, 0) is 37.5 Å². The van der Waals surface area contributed by atoms with Crippen LogP contribution >= 0.6 is 0 Å². The first-order chi connectivity index (χ1) is 6.91. The van der Waals surface area contributed by atoms with Gasteiger partial charge in [0.1, 0.15) is 5.97 Å². The van der Waals surface area contributed by atoms with Crippen molar-refractivity contribution in [3.63, 3.8) is 0 Å². The van der Waals surface area contributed by atoms with E-state index >= 15 is 0 Å². The van der Waals surface area contributed by atoms with Crippen molar-refractivity contribution >= 4 is 5.97 Å². The summed E-state index contributed by atoms with van der Waals surface area (Å²) >= 11 is 0. The number of alkyl halides is 3. The highest BCUT2D eigenvalue weighted by molar-refractivity contribution is 5.70. The van der Waals surface area contributed by atoms with Crippen LogP contribution < -0.4 is 5.11 Å². The van der Waals surface area contributed by atoms with Crippen LogP contribution in [0.1, 0.15) is 25.7 Å². The Balaban J connectivity index is 0.000000153. The molecule has 0 aromatic heterocycles. The van der Waals surface area contributed by atoms with Crippen LogP contribution in [0.3, 0.4) is 0 Å². The van der Waals surface area contributed by atoms with Gasteiger partial charge in [0.05, 0.1) is 0 Å². The normalized spacial score (nSPS) is 28.2. The van der Waals surface area contributed by atoms with E-state index in [0.717, 1.165) is 11.8 Å². The van der Waals surface area contributed by atoms with Crippen LogP contribution in [-0.2, 0) is 4.79 Å². The van der Waals surface area contributed by atoms with E-state index in [1.165, 1.54) is 25.7 Å². The predicted molar refractivity (Wildman–Crippen MR) is 45.7 cm³/mol. The highest BCUT2D eigenvalue weighted by Crippen LogP contribution is 2.40. The minimum absolute atomic E-state index is 1.00. The van der Waals surface area contributed by atoms with E-state index in [1.54, 1.807) is 0 Å². The van der Waals surface area contributed by atoms with E-state index in [9.17, 15) is 13.2 Å². The van der Waals surface area contributed by atoms with Crippen LogP contribution in [-0.4, -0.2) is 12.1 Å². The number of carboxylic acid groups (broad SMARTS) is 1. The number of hydrogen-bond donors (Lipinski definition) is 0. The Morgan fingerprint density at radius 1 is 1.27 bits per heavy atom. The molecule has 2 rings (SSSR count). The summed E-state index contributed by atoms with van der Waals surface area (Å²) in [4.78, 5) is 8.78. The number of rotatable bonds is 0. The zero-order valence-electron chi connectivity index (χ0n) is 8.09. The Labute approximate surface area is 85.8 Å². The van der Waals surface area contributed by atoms with Crippen molar-refractivity contribution in [3.05, 3.63) is 12.2 Å². The summed E-state index contributed by atoms with van der Waals surface area (Å²) in [6.07, 6.45) is 5.37. The number of carbonyl (C=O) groups is 1. The number of halogens is 3. The van der Waals surface area contributed by atoms with Gasteiger partial charge in [0.25, 0.3) is 0 Å². The van der Waals surface area contributed by atoms with Crippen molar-refractivity contribution < 1.29 is 23.1 Å². The Bertz CT molecular complexity index is 258. The standard InChI is InChI=1S/C8H12.C2HF3O2/c1-2-4-8-6-5-7(8)3-1;3-2(4,5)1(6)7/h1,3,7-8H,2,4-6H2;(H,6,7)/p-1. The van der Waals surface area contributed by atoms with Gasteiger partial charge in [-0.1, -0.05) is 12.2 Å². The molecule has 0 radical (unpaired) electrons. The lowest BCUT2D eigenvalue weighted by Crippen LogP contribution is -2.37. The van der Waals surface area contributed by atoms with E-state index in [-0.39, 0.29) is 0 Å². The molecule has 0 heterocycles. The average Bonchev–Trinajstić information content (AvgIpc) is 2.07. The predicted octanol–water partition coefficient (Wildman–Crippen LogP) is 1.66. The molecule has 1 saturated carbocycles. The summed E-state index contributed by atoms with van der Waals surface area (Å²) in [5.41, 5.74) is 0. The van der Waals surface area contributed by atoms with E-state index in [1.807, 2.05) is 0 Å². The van der Waals surface area contributed by atoms with Crippen LogP contribution in [0.5, 0.6) is 0 Å².